The number of nitrogens with zero attached hydrogens (tertiary/aromatic N) is 2. The van der Waals surface area contributed by atoms with Crippen LogP contribution in [0.15, 0.2) is 18.2 Å². The molecule has 2 aliphatic heterocycles. The Morgan fingerprint density at radius 1 is 1.00 bits per heavy atom. The molecule has 0 radical (unpaired) electrons. The molecule has 0 N–H and O–H groups in total. The Kier molecular flexibility index (Phi) is 6.05. The van der Waals surface area contributed by atoms with Crippen molar-refractivity contribution in [2.45, 2.75) is 45.6 Å². The van der Waals surface area contributed by atoms with Crippen LogP contribution in [0.5, 0.6) is 0 Å². The first-order valence-corrected chi connectivity index (χ1v) is 9.76. The molecule has 6 nitrogen and oxygen atoms in total. The second-order valence-electron chi connectivity index (χ2n) is 8.24. The molecule has 0 spiro atoms. The normalized spacial score (nSPS) is 17.9. The monoisotopic (exact) mass is 374 g/mol. The van der Waals surface area contributed by atoms with E-state index in [1.807, 2.05) is 31.7 Å². The number of carbonyl (C=O) groups is 2. The molecule has 6 heteroatoms. The van der Waals surface area contributed by atoms with E-state index < -0.39 is 5.60 Å². The molecule has 1 fully saturated rings. The van der Waals surface area contributed by atoms with Crippen LogP contribution in [-0.4, -0.2) is 66.8 Å². The molecule has 1 aromatic carbocycles. The Morgan fingerprint density at radius 2 is 1.67 bits per heavy atom. The van der Waals surface area contributed by atoms with E-state index in [2.05, 4.69) is 12.1 Å². The van der Waals surface area contributed by atoms with Crippen molar-refractivity contribution in [2.75, 3.05) is 39.4 Å². The summed E-state index contributed by atoms with van der Waals surface area (Å²) in [4.78, 5) is 28.5. The van der Waals surface area contributed by atoms with Crippen LogP contribution < -0.4 is 0 Å². The topological polar surface area (TPSA) is 59.1 Å². The first-order chi connectivity index (χ1) is 12.8. The molecule has 148 valence electrons. The van der Waals surface area contributed by atoms with E-state index >= 15 is 0 Å². The standard InChI is InChI=1S/C21H30N2O4/c1-21(2,3)27-20(25)23-8-6-17-5-4-16(14-18(17)7-9-23)15-19(24)22-10-12-26-13-11-22/h4-5,14H,6-13,15H2,1-3H3. The summed E-state index contributed by atoms with van der Waals surface area (Å²) in [5, 5.41) is 0. The SMILES string of the molecule is CC(C)(C)OC(=O)N1CCc2ccc(CC(=O)N3CCOCC3)cc2CC1. The average molecular weight is 374 g/mol. The minimum Gasteiger partial charge on any atom is -0.444 e. The van der Waals surface area contributed by atoms with Gasteiger partial charge >= 0.3 is 6.09 Å². The van der Waals surface area contributed by atoms with Crippen LogP contribution in [0.1, 0.15) is 37.5 Å². The van der Waals surface area contributed by atoms with Gasteiger partial charge in [-0.3, -0.25) is 4.79 Å². The molecule has 27 heavy (non-hydrogen) atoms. The Balaban J connectivity index is 1.62. The van der Waals surface area contributed by atoms with Gasteiger partial charge < -0.3 is 19.3 Å². The van der Waals surface area contributed by atoms with Crippen molar-refractivity contribution < 1.29 is 19.1 Å². The summed E-state index contributed by atoms with van der Waals surface area (Å²) in [6.45, 7) is 9.55. The molecule has 3 rings (SSSR count). The van der Waals surface area contributed by atoms with E-state index in [1.54, 1.807) is 4.90 Å². The third-order valence-corrected chi connectivity index (χ3v) is 4.94. The van der Waals surface area contributed by atoms with Gasteiger partial charge in [0.25, 0.3) is 0 Å². The highest BCUT2D eigenvalue weighted by Gasteiger charge is 2.24. The van der Waals surface area contributed by atoms with Crippen molar-refractivity contribution in [3.8, 4) is 0 Å². The number of morpholine rings is 1. The van der Waals surface area contributed by atoms with E-state index in [0.29, 0.717) is 45.8 Å². The van der Waals surface area contributed by atoms with Crippen LogP contribution in [0, 0.1) is 0 Å². The second kappa shape index (κ2) is 8.30. The minimum absolute atomic E-state index is 0.155. The zero-order valence-corrected chi connectivity index (χ0v) is 16.6. The Labute approximate surface area is 161 Å². The summed E-state index contributed by atoms with van der Waals surface area (Å²) >= 11 is 0. The first kappa shape index (κ1) is 19.7. The van der Waals surface area contributed by atoms with Crippen LogP contribution >= 0.6 is 0 Å². The summed E-state index contributed by atoms with van der Waals surface area (Å²) in [6, 6.07) is 6.28. The molecular weight excluding hydrogens is 344 g/mol. The summed E-state index contributed by atoms with van der Waals surface area (Å²) in [5.74, 6) is 0.155. The molecule has 0 saturated carbocycles. The van der Waals surface area contributed by atoms with Crippen molar-refractivity contribution >= 4 is 12.0 Å². The molecule has 2 aliphatic rings. The third kappa shape index (κ3) is 5.45. The van der Waals surface area contributed by atoms with Gasteiger partial charge in [0.2, 0.25) is 5.91 Å². The summed E-state index contributed by atoms with van der Waals surface area (Å²) in [6.07, 6.45) is 1.77. The highest BCUT2D eigenvalue weighted by Crippen LogP contribution is 2.20. The van der Waals surface area contributed by atoms with E-state index in [1.165, 1.54) is 11.1 Å². The number of ether oxygens (including phenoxy) is 2. The number of rotatable bonds is 2. The number of fused-ring (bicyclic) bond motifs is 1. The molecule has 2 heterocycles. The lowest BCUT2D eigenvalue weighted by molar-refractivity contribution is -0.134. The maximum Gasteiger partial charge on any atom is 0.410 e. The molecule has 0 unspecified atom stereocenters. The smallest absolute Gasteiger partial charge is 0.410 e. The molecule has 1 saturated heterocycles. The van der Waals surface area contributed by atoms with Gasteiger partial charge in [-0.2, -0.15) is 0 Å². The molecule has 0 aliphatic carbocycles. The molecule has 1 aromatic rings. The van der Waals surface area contributed by atoms with E-state index in [9.17, 15) is 9.59 Å². The number of carbonyl (C=O) groups excluding carboxylic acids is 2. The summed E-state index contributed by atoms with van der Waals surface area (Å²) < 4.78 is 10.8. The zero-order chi connectivity index (χ0) is 19.4. The molecule has 2 amide bonds. The van der Waals surface area contributed by atoms with Crippen molar-refractivity contribution in [3.05, 3.63) is 34.9 Å². The highest BCUT2D eigenvalue weighted by atomic mass is 16.6. The Bertz CT molecular complexity index is 690. The Hall–Kier alpha value is -2.08. The van der Waals surface area contributed by atoms with Crippen LogP contribution in [0.3, 0.4) is 0 Å². The van der Waals surface area contributed by atoms with Crippen LogP contribution in [0.2, 0.25) is 0 Å². The van der Waals surface area contributed by atoms with Gasteiger partial charge in [0.1, 0.15) is 5.60 Å². The van der Waals surface area contributed by atoms with E-state index in [0.717, 1.165) is 18.4 Å². The third-order valence-electron chi connectivity index (χ3n) is 4.94. The van der Waals surface area contributed by atoms with Crippen molar-refractivity contribution in [3.63, 3.8) is 0 Å². The maximum absolute atomic E-state index is 12.5. The van der Waals surface area contributed by atoms with Crippen LogP contribution in [0.25, 0.3) is 0 Å². The fourth-order valence-electron chi connectivity index (χ4n) is 3.50. The lowest BCUT2D eigenvalue weighted by atomic mass is 9.98. The first-order valence-electron chi connectivity index (χ1n) is 9.76. The summed E-state index contributed by atoms with van der Waals surface area (Å²) in [7, 11) is 0. The molecule has 0 bridgehead atoms. The van der Waals surface area contributed by atoms with Gasteiger partial charge in [0.15, 0.2) is 0 Å². The van der Waals surface area contributed by atoms with Crippen LogP contribution in [-0.2, 0) is 33.5 Å². The number of hydrogen-bond acceptors (Lipinski definition) is 4. The van der Waals surface area contributed by atoms with E-state index in [4.69, 9.17) is 9.47 Å². The quantitative estimate of drug-likeness (QED) is 0.798. The van der Waals surface area contributed by atoms with E-state index in [-0.39, 0.29) is 12.0 Å². The van der Waals surface area contributed by atoms with Crippen molar-refractivity contribution in [1.29, 1.82) is 0 Å². The fraction of sp³-hybridized carbons (Fsp3) is 0.619. The molecular formula is C21H30N2O4. The van der Waals surface area contributed by atoms with Gasteiger partial charge in [-0.05, 0) is 50.3 Å². The van der Waals surface area contributed by atoms with Gasteiger partial charge in [0, 0.05) is 26.2 Å². The largest absolute Gasteiger partial charge is 0.444 e. The number of hydrogen-bond donors (Lipinski definition) is 0. The predicted molar refractivity (Wildman–Crippen MR) is 103 cm³/mol. The lowest BCUT2D eigenvalue weighted by Gasteiger charge is -2.27. The number of benzene rings is 1. The average Bonchev–Trinajstić information content (AvgIpc) is 2.83. The highest BCUT2D eigenvalue weighted by molar-refractivity contribution is 5.79. The number of amides is 2. The van der Waals surface area contributed by atoms with Gasteiger partial charge in [0.05, 0.1) is 19.6 Å². The van der Waals surface area contributed by atoms with Gasteiger partial charge in [-0.1, -0.05) is 18.2 Å². The fourth-order valence-corrected chi connectivity index (χ4v) is 3.50. The van der Waals surface area contributed by atoms with Gasteiger partial charge in [-0.25, -0.2) is 4.79 Å². The maximum atomic E-state index is 12.5. The predicted octanol–water partition coefficient (Wildman–Crippen LogP) is 2.42. The lowest BCUT2D eigenvalue weighted by Crippen LogP contribution is -2.41. The summed E-state index contributed by atoms with van der Waals surface area (Å²) in [5.41, 5.74) is 3.04. The Morgan fingerprint density at radius 3 is 2.33 bits per heavy atom. The second-order valence-corrected chi connectivity index (χ2v) is 8.24. The van der Waals surface area contributed by atoms with Crippen molar-refractivity contribution in [1.82, 2.24) is 9.80 Å². The van der Waals surface area contributed by atoms with Crippen LogP contribution in [0.4, 0.5) is 4.79 Å². The molecule has 0 aromatic heterocycles. The molecule has 0 atom stereocenters. The zero-order valence-electron chi connectivity index (χ0n) is 16.6. The van der Waals surface area contributed by atoms with Gasteiger partial charge in [-0.15, -0.1) is 0 Å². The van der Waals surface area contributed by atoms with Crippen molar-refractivity contribution in [2.24, 2.45) is 0 Å². The minimum atomic E-state index is -0.483.